The van der Waals surface area contributed by atoms with Gasteiger partial charge in [0.25, 0.3) is 11.5 Å². The van der Waals surface area contributed by atoms with Crippen LogP contribution in [0.2, 0.25) is 0 Å². The van der Waals surface area contributed by atoms with Gasteiger partial charge in [0.2, 0.25) is 0 Å². The first-order valence-electron chi connectivity index (χ1n) is 4.89. The van der Waals surface area contributed by atoms with E-state index in [-0.39, 0.29) is 17.1 Å². The van der Waals surface area contributed by atoms with Crippen LogP contribution in [0.3, 0.4) is 0 Å². The van der Waals surface area contributed by atoms with Crippen molar-refractivity contribution in [2.24, 2.45) is 0 Å². The van der Waals surface area contributed by atoms with Gasteiger partial charge in [0, 0.05) is 12.3 Å². The molecule has 0 aliphatic heterocycles. The molecule has 0 spiro atoms. The number of aromatic amines is 3. The Kier molecular flexibility index (Phi) is 2.98. The number of aromatic carboxylic acids is 1. The highest BCUT2D eigenvalue weighted by molar-refractivity contribution is 6.03. The van der Waals surface area contributed by atoms with Crippen LogP contribution in [0.15, 0.2) is 21.9 Å². The number of amides is 1. The summed E-state index contributed by atoms with van der Waals surface area (Å²) < 4.78 is 0. The van der Waals surface area contributed by atoms with Crippen molar-refractivity contribution in [3.63, 3.8) is 0 Å². The average Bonchev–Trinajstić information content (AvgIpc) is 2.77. The zero-order chi connectivity index (χ0) is 14.0. The summed E-state index contributed by atoms with van der Waals surface area (Å²) in [6, 6.07) is 1.08. The van der Waals surface area contributed by atoms with Crippen LogP contribution in [0.1, 0.15) is 20.8 Å². The molecule has 0 aromatic carbocycles. The number of hydrogen-bond donors (Lipinski definition) is 5. The fourth-order valence-corrected chi connectivity index (χ4v) is 1.26. The van der Waals surface area contributed by atoms with Crippen LogP contribution in [0.4, 0.5) is 5.82 Å². The Bertz CT molecular complexity index is 755. The number of aromatic nitrogens is 4. The third kappa shape index (κ3) is 2.57. The van der Waals surface area contributed by atoms with Crippen LogP contribution in [-0.4, -0.2) is 37.1 Å². The number of hydrogen-bond acceptors (Lipinski definition) is 5. The van der Waals surface area contributed by atoms with Gasteiger partial charge in [0.1, 0.15) is 11.3 Å². The second kappa shape index (κ2) is 4.60. The molecule has 0 fully saturated rings. The van der Waals surface area contributed by atoms with Crippen LogP contribution in [-0.2, 0) is 0 Å². The first-order chi connectivity index (χ1) is 8.97. The number of carbonyl (C=O) groups excluding carboxylic acids is 1. The molecule has 0 atom stereocenters. The first kappa shape index (κ1) is 12.3. The van der Waals surface area contributed by atoms with Crippen molar-refractivity contribution >= 4 is 17.7 Å². The molecule has 0 radical (unpaired) electrons. The summed E-state index contributed by atoms with van der Waals surface area (Å²) in [6.45, 7) is 0. The number of carbonyl (C=O) groups is 2. The molecule has 5 N–H and O–H groups in total. The Labute approximate surface area is 103 Å². The third-order valence-corrected chi connectivity index (χ3v) is 2.11. The summed E-state index contributed by atoms with van der Waals surface area (Å²) in [4.78, 5) is 48.4. The van der Waals surface area contributed by atoms with Crippen molar-refractivity contribution in [2.45, 2.75) is 0 Å². The zero-order valence-electron chi connectivity index (χ0n) is 9.18. The highest BCUT2D eigenvalue weighted by Gasteiger charge is 2.14. The Morgan fingerprint density at radius 2 is 2.05 bits per heavy atom. The second-order valence-corrected chi connectivity index (χ2v) is 3.41. The second-order valence-electron chi connectivity index (χ2n) is 3.41. The molecule has 19 heavy (non-hydrogen) atoms. The van der Waals surface area contributed by atoms with E-state index in [4.69, 9.17) is 5.11 Å². The van der Waals surface area contributed by atoms with Crippen molar-refractivity contribution in [3.8, 4) is 0 Å². The minimum Gasteiger partial charge on any atom is -0.477 e. The molecule has 2 rings (SSSR count). The lowest BCUT2D eigenvalue weighted by molar-refractivity contribution is 0.0690. The summed E-state index contributed by atoms with van der Waals surface area (Å²) in [5.41, 5.74) is -2.16. The molecular weight excluding hydrogens is 258 g/mol. The van der Waals surface area contributed by atoms with Gasteiger partial charge in [0.15, 0.2) is 5.82 Å². The van der Waals surface area contributed by atoms with Gasteiger partial charge < -0.3 is 15.4 Å². The lowest BCUT2D eigenvalue weighted by Crippen LogP contribution is -2.29. The minimum absolute atomic E-state index is 0.0620. The van der Waals surface area contributed by atoms with Gasteiger partial charge >= 0.3 is 11.7 Å². The standard InChI is InChI=1S/C9H7N5O5/c15-6(3-2-10-9(19)12-7(3)16)11-5-1-4(8(17)18)13-14-5/h1-2H,(H,17,18)(H2,10,12,16,19)(H2,11,13,14,15). The number of anilines is 1. The highest BCUT2D eigenvalue weighted by Crippen LogP contribution is 2.06. The maximum atomic E-state index is 11.7. The largest absolute Gasteiger partial charge is 0.477 e. The maximum absolute atomic E-state index is 11.7. The Morgan fingerprint density at radius 1 is 1.32 bits per heavy atom. The average molecular weight is 265 g/mol. The summed E-state index contributed by atoms with van der Waals surface area (Å²) in [5.74, 6) is -2.14. The molecule has 2 aromatic rings. The molecule has 98 valence electrons. The summed E-state index contributed by atoms with van der Waals surface area (Å²) in [5, 5.41) is 16.6. The van der Waals surface area contributed by atoms with E-state index in [1.165, 1.54) is 0 Å². The van der Waals surface area contributed by atoms with E-state index in [1.54, 1.807) is 0 Å². The number of carboxylic acid groups (broad SMARTS) is 1. The molecule has 10 nitrogen and oxygen atoms in total. The molecule has 0 saturated heterocycles. The van der Waals surface area contributed by atoms with Gasteiger partial charge in [-0.25, -0.2) is 9.59 Å². The van der Waals surface area contributed by atoms with Gasteiger partial charge in [-0.05, 0) is 0 Å². The molecule has 0 aliphatic carbocycles. The predicted molar refractivity (Wildman–Crippen MR) is 61.2 cm³/mol. The van der Waals surface area contributed by atoms with E-state index in [0.717, 1.165) is 12.3 Å². The normalized spacial score (nSPS) is 10.1. The number of carboxylic acids is 1. The molecule has 2 heterocycles. The van der Waals surface area contributed by atoms with E-state index >= 15 is 0 Å². The molecule has 0 unspecified atom stereocenters. The number of rotatable bonds is 3. The van der Waals surface area contributed by atoms with E-state index in [0.29, 0.717) is 0 Å². The van der Waals surface area contributed by atoms with Crippen molar-refractivity contribution in [2.75, 3.05) is 5.32 Å². The lowest BCUT2D eigenvalue weighted by Gasteiger charge is -1.99. The van der Waals surface area contributed by atoms with E-state index in [9.17, 15) is 19.2 Å². The van der Waals surface area contributed by atoms with Gasteiger partial charge in [0.05, 0.1) is 0 Å². The molecule has 0 aliphatic rings. The van der Waals surface area contributed by atoms with E-state index < -0.39 is 23.1 Å². The van der Waals surface area contributed by atoms with E-state index in [2.05, 4.69) is 20.5 Å². The van der Waals surface area contributed by atoms with Gasteiger partial charge in [-0.15, -0.1) is 0 Å². The van der Waals surface area contributed by atoms with Crippen molar-refractivity contribution in [3.05, 3.63) is 44.4 Å². The van der Waals surface area contributed by atoms with Gasteiger partial charge in [-0.1, -0.05) is 0 Å². The van der Waals surface area contributed by atoms with Crippen LogP contribution in [0, 0.1) is 0 Å². The number of nitrogens with one attached hydrogen (secondary N) is 4. The molecule has 0 saturated carbocycles. The zero-order valence-corrected chi connectivity index (χ0v) is 9.18. The summed E-state index contributed by atoms with van der Waals surface area (Å²) >= 11 is 0. The van der Waals surface area contributed by atoms with Gasteiger partial charge in [-0.3, -0.25) is 19.7 Å². The molecule has 10 heteroatoms. The van der Waals surface area contributed by atoms with Gasteiger partial charge in [-0.2, -0.15) is 5.10 Å². The topological polar surface area (TPSA) is 161 Å². The summed E-state index contributed by atoms with van der Waals surface area (Å²) in [6.07, 6.45) is 0.946. The lowest BCUT2D eigenvalue weighted by atomic mass is 10.3. The fraction of sp³-hybridized carbons (Fsp3) is 0. The summed E-state index contributed by atoms with van der Waals surface area (Å²) in [7, 11) is 0. The molecule has 1 amide bonds. The number of H-pyrrole nitrogens is 3. The van der Waals surface area contributed by atoms with Crippen molar-refractivity contribution in [1.82, 2.24) is 20.2 Å². The highest BCUT2D eigenvalue weighted by atomic mass is 16.4. The minimum atomic E-state index is -1.24. The molecular formula is C9H7N5O5. The third-order valence-electron chi connectivity index (χ3n) is 2.11. The van der Waals surface area contributed by atoms with Crippen LogP contribution < -0.4 is 16.6 Å². The van der Waals surface area contributed by atoms with E-state index in [1.807, 2.05) is 4.98 Å². The van der Waals surface area contributed by atoms with Crippen molar-refractivity contribution < 1.29 is 14.7 Å². The van der Waals surface area contributed by atoms with Crippen LogP contribution in [0.5, 0.6) is 0 Å². The Hall–Kier alpha value is -3.17. The maximum Gasteiger partial charge on any atom is 0.353 e. The predicted octanol–water partition coefficient (Wildman–Crippen LogP) is -1.26. The quantitative estimate of drug-likeness (QED) is 0.465. The van der Waals surface area contributed by atoms with Crippen LogP contribution >= 0.6 is 0 Å². The fourth-order valence-electron chi connectivity index (χ4n) is 1.26. The Balaban J connectivity index is 2.23. The molecule has 0 bridgehead atoms. The van der Waals surface area contributed by atoms with Crippen LogP contribution in [0.25, 0.3) is 0 Å². The SMILES string of the molecule is O=C(O)c1cc(NC(=O)c2c[nH]c(=O)[nH]c2=O)n[nH]1. The monoisotopic (exact) mass is 265 g/mol. The smallest absolute Gasteiger partial charge is 0.353 e. The molecule has 2 aromatic heterocycles. The van der Waals surface area contributed by atoms with Crippen molar-refractivity contribution in [1.29, 1.82) is 0 Å². The first-order valence-corrected chi connectivity index (χ1v) is 4.89. The number of nitrogens with zero attached hydrogens (tertiary/aromatic N) is 1. The Morgan fingerprint density at radius 3 is 2.63 bits per heavy atom.